The van der Waals surface area contributed by atoms with E-state index in [4.69, 9.17) is 11.6 Å². The van der Waals surface area contributed by atoms with Crippen molar-refractivity contribution in [1.82, 2.24) is 10.2 Å². The number of nitrogens with zero attached hydrogens (tertiary/aromatic N) is 1. The van der Waals surface area contributed by atoms with E-state index in [2.05, 4.69) is 19.2 Å². The van der Waals surface area contributed by atoms with E-state index in [0.29, 0.717) is 24.2 Å². The minimum atomic E-state index is 0.125. The quantitative estimate of drug-likeness (QED) is 0.835. The lowest BCUT2D eigenvalue weighted by Gasteiger charge is -2.28. The molecule has 0 aliphatic heterocycles. The van der Waals surface area contributed by atoms with Crippen LogP contribution in [0.5, 0.6) is 0 Å². The zero-order valence-corrected chi connectivity index (χ0v) is 13.6. The first-order valence-corrected chi connectivity index (χ1v) is 7.59. The molecule has 1 aromatic rings. The summed E-state index contributed by atoms with van der Waals surface area (Å²) >= 11 is 5.99. The zero-order chi connectivity index (χ0) is 15.1. The lowest BCUT2D eigenvalue weighted by atomic mass is 10.2. The van der Waals surface area contributed by atoms with Crippen molar-refractivity contribution in [1.29, 1.82) is 0 Å². The van der Waals surface area contributed by atoms with Gasteiger partial charge in [0.05, 0.1) is 6.54 Å². The summed E-state index contributed by atoms with van der Waals surface area (Å²) in [5.74, 6) is 0.125. The van der Waals surface area contributed by atoms with Gasteiger partial charge in [-0.05, 0) is 44.9 Å². The molecular weight excluding hydrogens is 272 g/mol. The van der Waals surface area contributed by atoms with Crippen LogP contribution >= 0.6 is 11.6 Å². The summed E-state index contributed by atoms with van der Waals surface area (Å²) in [5.41, 5.74) is 1.06. The SMILES string of the molecule is CCC(C)NCC(=O)N(Cc1cccc(Cl)c1)C(C)C. The third kappa shape index (κ3) is 5.51. The van der Waals surface area contributed by atoms with Crippen LogP contribution in [0.25, 0.3) is 0 Å². The van der Waals surface area contributed by atoms with Crippen LogP contribution in [0.15, 0.2) is 24.3 Å². The molecule has 0 aliphatic rings. The summed E-state index contributed by atoms with van der Waals surface area (Å²) in [7, 11) is 0. The summed E-state index contributed by atoms with van der Waals surface area (Å²) in [6, 6.07) is 8.19. The molecule has 0 spiro atoms. The largest absolute Gasteiger partial charge is 0.335 e. The second-order valence-corrected chi connectivity index (χ2v) is 5.87. The molecule has 0 fully saturated rings. The van der Waals surface area contributed by atoms with Crippen molar-refractivity contribution in [2.75, 3.05) is 6.54 Å². The summed E-state index contributed by atoms with van der Waals surface area (Å²) in [6.07, 6.45) is 1.02. The van der Waals surface area contributed by atoms with E-state index in [1.54, 1.807) is 0 Å². The molecule has 1 amide bonds. The van der Waals surface area contributed by atoms with Gasteiger partial charge in [-0.1, -0.05) is 30.7 Å². The van der Waals surface area contributed by atoms with Crippen LogP contribution in [0, 0.1) is 0 Å². The molecule has 112 valence electrons. The Labute approximate surface area is 127 Å². The third-order valence-corrected chi connectivity index (χ3v) is 3.63. The van der Waals surface area contributed by atoms with Gasteiger partial charge in [0.1, 0.15) is 0 Å². The van der Waals surface area contributed by atoms with Crippen molar-refractivity contribution in [2.24, 2.45) is 0 Å². The van der Waals surface area contributed by atoms with E-state index >= 15 is 0 Å². The monoisotopic (exact) mass is 296 g/mol. The fourth-order valence-corrected chi connectivity index (χ4v) is 2.11. The molecule has 0 saturated carbocycles. The summed E-state index contributed by atoms with van der Waals surface area (Å²) < 4.78 is 0. The normalized spacial score (nSPS) is 12.5. The Bertz CT molecular complexity index is 434. The van der Waals surface area contributed by atoms with E-state index in [1.165, 1.54) is 0 Å². The maximum Gasteiger partial charge on any atom is 0.237 e. The summed E-state index contributed by atoms with van der Waals surface area (Å²) in [4.78, 5) is 14.2. The maximum atomic E-state index is 12.3. The molecule has 1 rings (SSSR count). The molecule has 20 heavy (non-hydrogen) atoms. The highest BCUT2D eigenvalue weighted by molar-refractivity contribution is 6.30. The fourth-order valence-electron chi connectivity index (χ4n) is 1.90. The van der Waals surface area contributed by atoms with Crippen LogP contribution in [0.2, 0.25) is 5.02 Å². The van der Waals surface area contributed by atoms with Gasteiger partial charge in [0, 0.05) is 23.7 Å². The van der Waals surface area contributed by atoms with Crippen molar-refractivity contribution in [2.45, 2.75) is 52.7 Å². The second-order valence-electron chi connectivity index (χ2n) is 5.44. The zero-order valence-electron chi connectivity index (χ0n) is 12.8. The first-order chi connectivity index (χ1) is 9.43. The molecule has 1 unspecified atom stereocenters. The van der Waals surface area contributed by atoms with Crippen molar-refractivity contribution < 1.29 is 4.79 Å². The van der Waals surface area contributed by atoms with Gasteiger partial charge >= 0.3 is 0 Å². The minimum Gasteiger partial charge on any atom is -0.335 e. The van der Waals surface area contributed by atoms with E-state index in [1.807, 2.05) is 43.0 Å². The highest BCUT2D eigenvalue weighted by atomic mass is 35.5. The van der Waals surface area contributed by atoms with Crippen LogP contribution in [0.4, 0.5) is 0 Å². The highest BCUT2D eigenvalue weighted by Gasteiger charge is 2.17. The minimum absolute atomic E-state index is 0.125. The Kier molecular flexibility index (Phi) is 7.03. The Hall–Kier alpha value is -1.06. The Morgan fingerprint density at radius 3 is 2.60 bits per heavy atom. The molecule has 1 aromatic carbocycles. The molecule has 0 aliphatic carbocycles. The van der Waals surface area contributed by atoms with E-state index in [0.717, 1.165) is 12.0 Å². The van der Waals surface area contributed by atoms with Crippen molar-refractivity contribution in [3.8, 4) is 0 Å². The summed E-state index contributed by atoms with van der Waals surface area (Å²) in [5, 5.41) is 3.95. The molecule has 1 N–H and O–H groups in total. The number of benzene rings is 1. The van der Waals surface area contributed by atoms with Crippen molar-refractivity contribution >= 4 is 17.5 Å². The van der Waals surface area contributed by atoms with Crippen LogP contribution in [-0.4, -0.2) is 29.4 Å². The molecule has 4 heteroatoms. The number of hydrogen-bond donors (Lipinski definition) is 1. The second kappa shape index (κ2) is 8.28. The molecule has 0 saturated heterocycles. The van der Waals surface area contributed by atoms with Gasteiger partial charge in [0.15, 0.2) is 0 Å². The third-order valence-electron chi connectivity index (χ3n) is 3.40. The topological polar surface area (TPSA) is 32.3 Å². The predicted octanol–water partition coefficient (Wildman–Crippen LogP) is 3.47. The number of carbonyl (C=O) groups excluding carboxylic acids is 1. The molecule has 3 nitrogen and oxygen atoms in total. The van der Waals surface area contributed by atoms with Crippen molar-refractivity contribution in [3.63, 3.8) is 0 Å². The smallest absolute Gasteiger partial charge is 0.237 e. The standard InChI is InChI=1S/C16H25ClN2O/c1-5-13(4)18-10-16(20)19(12(2)3)11-14-7-6-8-15(17)9-14/h6-9,12-13,18H,5,10-11H2,1-4H3. The van der Waals surface area contributed by atoms with E-state index < -0.39 is 0 Å². The average molecular weight is 297 g/mol. The highest BCUT2D eigenvalue weighted by Crippen LogP contribution is 2.14. The van der Waals surface area contributed by atoms with Crippen LogP contribution in [0.1, 0.15) is 39.7 Å². The predicted molar refractivity (Wildman–Crippen MR) is 84.9 cm³/mol. The van der Waals surface area contributed by atoms with E-state index in [-0.39, 0.29) is 11.9 Å². The molecule has 1 atom stereocenters. The number of amides is 1. The van der Waals surface area contributed by atoms with Gasteiger partial charge < -0.3 is 10.2 Å². The number of halogens is 1. The summed E-state index contributed by atoms with van der Waals surface area (Å²) in [6.45, 7) is 9.24. The van der Waals surface area contributed by atoms with Gasteiger partial charge in [0.25, 0.3) is 0 Å². The first-order valence-electron chi connectivity index (χ1n) is 7.21. The number of rotatable bonds is 7. The van der Waals surface area contributed by atoms with Crippen molar-refractivity contribution in [3.05, 3.63) is 34.9 Å². The molecule has 0 bridgehead atoms. The van der Waals surface area contributed by atoms with Gasteiger partial charge in [-0.15, -0.1) is 0 Å². The molecular formula is C16H25ClN2O. The molecule has 0 aromatic heterocycles. The number of nitrogens with one attached hydrogen (secondary N) is 1. The van der Waals surface area contributed by atoms with Gasteiger partial charge in [0.2, 0.25) is 5.91 Å². The fraction of sp³-hybridized carbons (Fsp3) is 0.562. The van der Waals surface area contributed by atoms with Crippen LogP contribution in [0.3, 0.4) is 0 Å². The lowest BCUT2D eigenvalue weighted by Crippen LogP contribution is -2.43. The van der Waals surface area contributed by atoms with E-state index in [9.17, 15) is 4.79 Å². The molecule has 0 radical (unpaired) electrons. The first kappa shape index (κ1) is 17.0. The van der Waals surface area contributed by atoms with Crippen LogP contribution in [-0.2, 0) is 11.3 Å². The van der Waals surface area contributed by atoms with Crippen LogP contribution < -0.4 is 5.32 Å². The Morgan fingerprint density at radius 2 is 2.05 bits per heavy atom. The van der Waals surface area contributed by atoms with Gasteiger partial charge in [-0.25, -0.2) is 0 Å². The number of hydrogen-bond acceptors (Lipinski definition) is 2. The average Bonchev–Trinajstić information content (AvgIpc) is 2.41. The number of carbonyl (C=O) groups is 1. The Balaban J connectivity index is 2.66. The maximum absolute atomic E-state index is 12.3. The lowest BCUT2D eigenvalue weighted by molar-refractivity contribution is -0.132. The van der Waals surface area contributed by atoms with Gasteiger partial charge in [-0.2, -0.15) is 0 Å². The molecule has 0 heterocycles. The van der Waals surface area contributed by atoms with Gasteiger partial charge in [-0.3, -0.25) is 4.79 Å². The Morgan fingerprint density at radius 1 is 1.35 bits per heavy atom.